The predicted molar refractivity (Wildman–Crippen MR) is 203 cm³/mol. The first-order valence-electron chi connectivity index (χ1n) is 16.5. The summed E-state index contributed by atoms with van der Waals surface area (Å²) in [6.45, 7) is 6.84. The molecule has 0 aromatic heterocycles. The van der Waals surface area contributed by atoms with Crippen LogP contribution in [0, 0.1) is 0 Å². The Labute approximate surface area is 276 Å². The number of nitrogens with zero attached hydrogens (tertiary/aromatic N) is 1. The van der Waals surface area contributed by atoms with Crippen molar-refractivity contribution in [2.75, 3.05) is 4.90 Å². The lowest BCUT2D eigenvalue weighted by Crippen LogP contribution is -2.15. The van der Waals surface area contributed by atoms with Gasteiger partial charge in [-0.15, -0.1) is 0 Å². The van der Waals surface area contributed by atoms with Crippen LogP contribution in [0.5, 0.6) is 0 Å². The summed E-state index contributed by atoms with van der Waals surface area (Å²) >= 11 is 0. The second kappa shape index (κ2) is 10.4. The lowest BCUT2D eigenvalue weighted by atomic mass is 9.81. The quantitative estimate of drug-likeness (QED) is 0.194. The highest BCUT2D eigenvalue weighted by molar-refractivity contribution is 6.00. The highest BCUT2D eigenvalue weighted by Gasteiger charge is 2.36. The second-order valence-electron chi connectivity index (χ2n) is 13.5. The molecule has 8 aromatic rings. The highest BCUT2D eigenvalue weighted by atomic mass is 15.1. The zero-order valence-corrected chi connectivity index (χ0v) is 27.0. The molecule has 0 amide bonds. The molecule has 0 N–H and O–H groups in total. The van der Waals surface area contributed by atoms with Crippen molar-refractivity contribution in [3.05, 3.63) is 168 Å². The van der Waals surface area contributed by atoms with Crippen LogP contribution >= 0.6 is 0 Å². The summed E-state index contributed by atoms with van der Waals surface area (Å²) in [5.74, 6) is 0. The largest absolute Gasteiger partial charge is 0.310 e. The van der Waals surface area contributed by atoms with Gasteiger partial charge in [0.15, 0.2) is 0 Å². The topological polar surface area (TPSA) is 3.24 Å². The maximum Gasteiger partial charge on any atom is 0.0468 e. The van der Waals surface area contributed by atoms with Gasteiger partial charge < -0.3 is 4.90 Å². The molecule has 9 rings (SSSR count). The normalized spacial score (nSPS) is 13.5. The van der Waals surface area contributed by atoms with Gasteiger partial charge in [-0.25, -0.2) is 0 Å². The molecule has 1 heteroatoms. The van der Waals surface area contributed by atoms with Gasteiger partial charge >= 0.3 is 0 Å². The number of benzene rings is 8. The van der Waals surface area contributed by atoms with Gasteiger partial charge in [0.1, 0.15) is 0 Å². The van der Waals surface area contributed by atoms with Crippen LogP contribution in [0.25, 0.3) is 60.3 Å². The summed E-state index contributed by atoms with van der Waals surface area (Å²) in [6, 6.07) is 54.2. The smallest absolute Gasteiger partial charge is 0.0468 e. The van der Waals surface area contributed by atoms with Crippen LogP contribution in [0.4, 0.5) is 17.1 Å². The second-order valence-corrected chi connectivity index (χ2v) is 13.5. The summed E-state index contributed by atoms with van der Waals surface area (Å²) < 4.78 is 0. The lowest BCUT2D eigenvalue weighted by molar-refractivity contribution is 0.662. The molecule has 0 radical (unpaired) electrons. The fraction of sp³-hybridized carbons (Fsp3) is 0.0870. The average molecular weight is 602 g/mol. The van der Waals surface area contributed by atoms with Gasteiger partial charge in [-0.3, -0.25) is 0 Å². The van der Waals surface area contributed by atoms with Crippen molar-refractivity contribution < 1.29 is 0 Å². The van der Waals surface area contributed by atoms with E-state index >= 15 is 0 Å². The van der Waals surface area contributed by atoms with Crippen LogP contribution in [0.2, 0.25) is 0 Å². The fourth-order valence-electron chi connectivity index (χ4n) is 7.74. The van der Waals surface area contributed by atoms with Gasteiger partial charge in [-0.1, -0.05) is 105 Å². The van der Waals surface area contributed by atoms with E-state index in [1.807, 2.05) is 0 Å². The van der Waals surface area contributed by atoms with Crippen molar-refractivity contribution in [2.24, 2.45) is 0 Å². The summed E-state index contributed by atoms with van der Waals surface area (Å²) in [5, 5.41) is 10.1. The number of hydrogen-bond donors (Lipinski definition) is 0. The number of rotatable bonds is 4. The van der Waals surface area contributed by atoms with Crippen molar-refractivity contribution in [1.29, 1.82) is 0 Å². The van der Waals surface area contributed by atoms with E-state index in [2.05, 4.69) is 183 Å². The average Bonchev–Trinajstić information content (AvgIpc) is 3.30. The molecular formula is C46H35N. The molecule has 1 aliphatic rings. The van der Waals surface area contributed by atoms with Gasteiger partial charge in [0.2, 0.25) is 0 Å². The Hall–Kier alpha value is -5.66. The Morgan fingerprint density at radius 1 is 0.426 bits per heavy atom. The minimum Gasteiger partial charge on any atom is -0.310 e. The number of allylic oxidation sites excluding steroid dienone is 1. The molecule has 0 atom stereocenters. The van der Waals surface area contributed by atoms with Gasteiger partial charge in [-0.2, -0.15) is 0 Å². The lowest BCUT2D eigenvalue weighted by Gasteiger charge is -2.27. The van der Waals surface area contributed by atoms with E-state index in [1.54, 1.807) is 0 Å². The molecule has 0 heterocycles. The van der Waals surface area contributed by atoms with Crippen molar-refractivity contribution in [3.63, 3.8) is 0 Å². The van der Waals surface area contributed by atoms with Crippen LogP contribution in [0.3, 0.4) is 0 Å². The van der Waals surface area contributed by atoms with Crippen LogP contribution in [0.15, 0.2) is 152 Å². The number of anilines is 3. The van der Waals surface area contributed by atoms with Gasteiger partial charge in [0, 0.05) is 22.5 Å². The molecule has 1 nitrogen and oxygen atoms in total. The molecule has 0 fully saturated rings. The van der Waals surface area contributed by atoms with Gasteiger partial charge in [0.25, 0.3) is 0 Å². The Morgan fingerprint density at radius 2 is 0.851 bits per heavy atom. The van der Waals surface area contributed by atoms with Crippen molar-refractivity contribution >= 4 is 66.2 Å². The maximum atomic E-state index is 2.45. The minimum absolute atomic E-state index is 0.101. The predicted octanol–water partition coefficient (Wildman–Crippen LogP) is 13.1. The summed E-state index contributed by atoms with van der Waals surface area (Å²) in [6.07, 6.45) is 4.28. The first kappa shape index (κ1) is 27.6. The summed E-state index contributed by atoms with van der Waals surface area (Å²) in [4.78, 5) is 2.40. The monoisotopic (exact) mass is 601 g/mol. The molecular weight excluding hydrogens is 567 g/mol. The first-order valence-corrected chi connectivity index (χ1v) is 16.5. The molecule has 1 aliphatic carbocycles. The van der Waals surface area contributed by atoms with Crippen LogP contribution in [0.1, 0.15) is 37.5 Å². The van der Waals surface area contributed by atoms with E-state index in [0.29, 0.717) is 0 Å². The molecule has 0 aliphatic heterocycles. The van der Waals surface area contributed by atoms with E-state index in [-0.39, 0.29) is 5.41 Å². The van der Waals surface area contributed by atoms with E-state index in [0.717, 1.165) is 17.1 Å². The summed E-state index contributed by atoms with van der Waals surface area (Å²) in [7, 11) is 0. The van der Waals surface area contributed by atoms with Crippen LogP contribution < -0.4 is 4.90 Å². The Morgan fingerprint density at radius 3 is 1.38 bits per heavy atom. The summed E-state index contributed by atoms with van der Waals surface area (Å²) in [5.41, 5.74) is 10.1. The number of fused-ring (bicyclic) bond motifs is 7. The third-order valence-electron chi connectivity index (χ3n) is 10.2. The van der Waals surface area contributed by atoms with Gasteiger partial charge in [-0.05, 0) is 145 Å². The number of hydrogen-bond acceptors (Lipinski definition) is 1. The van der Waals surface area contributed by atoms with Crippen molar-refractivity contribution in [1.82, 2.24) is 0 Å². The van der Waals surface area contributed by atoms with E-state index < -0.39 is 0 Å². The molecule has 0 saturated carbocycles. The van der Waals surface area contributed by atoms with E-state index in [4.69, 9.17) is 0 Å². The highest BCUT2D eigenvalue weighted by Crippen LogP contribution is 2.51. The Bertz CT molecular complexity index is 2490. The SMILES string of the molecule is C/C=C/c1ccc2cc3c(cc2c1)C(C)(C)c1cc2cc(N(c4ccc5ccccc5c4)c4ccc5ccccc5c4)ccc2cc1-3. The minimum atomic E-state index is -0.101. The van der Waals surface area contributed by atoms with Crippen LogP contribution in [-0.2, 0) is 5.41 Å². The fourth-order valence-corrected chi connectivity index (χ4v) is 7.74. The third kappa shape index (κ3) is 4.46. The van der Waals surface area contributed by atoms with Gasteiger partial charge in [0.05, 0.1) is 0 Å². The molecule has 0 unspecified atom stereocenters. The zero-order chi connectivity index (χ0) is 31.7. The van der Waals surface area contributed by atoms with E-state index in [9.17, 15) is 0 Å². The molecule has 47 heavy (non-hydrogen) atoms. The van der Waals surface area contributed by atoms with Crippen LogP contribution in [-0.4, -0.2) is 0 Å². The molecule has 224 valence electrons. The molecule has 8 aromatic carbocycles. The van der Waals surface area contributed by atoms with Crippen molar-refractivity contribution in [2.45, 2.75) is 26.2 Å². The first-order chi connectivity index (χ1) is 23.0. The maximum absolute atomic E-state index is 2.45. The third-order valence-corrected chi connectivity index (χ3v) is 10.2. The Balaban J connectivity index is 1.21. The van der Waals surface area contributed by atoms with E-state index in [1.165, 1.54) is 70.9 Å². The zero-order valence-electron chi connectivity index (χ0n) is 27.0. The molecule has 0 saturated heterocycles. The standard InChI is InChI=1S/C46H35N/c1-4-9-30-14-15-35-26-42-43-27-36-18-21-41(25-38(36)29-45(43)46(2,3)44(42)28-37(35)22-30)47(39-19-16-31-10-5-7-12-33(31)23-39)40-20-17-32-11-6-8-13-34(32)24-40/h4-29H,1-3H3/b9-4+. The Kier molecular flexibility index (Phi) is 6.14. The van der Waals surface area contributed by atoms with Crippen molar-refractivity contribution in [3.8, 4) is 11.1 Å². The molecule has 0 bridgehead atoms. The molecule has 0 spiro atoms.